The van der Waals surface area contributed by atoms with E-state index in [1.807, 2.05) is 0 Å². The summed E-state index contributed by atoms with van der Waals surface area (Å²) in [6.45, 7) is 1.84. The van der Waals surface area contributed by atoms with Crippen LogP contribution in [0.15, 0.2) is 15.7 Å². The number of alkyl halides is 3. The van der Waals surface area contributed by atoms with Gasteiger partial charge in [-0.25, -0.2) is 8.42 Å². The van der Waals surface area contributed by atoms with Crippen LogP contribution in [-0.2, 0) is 10.0 Å². The van der Waals surface area contributed by atoms with Crippen LogP contribution in [0, 0.1) is 0 Å². The number of nitrogens with two attached hydrogens (primary N) is 1. The highest BCUT2D eigenvalue weighted by molar-refractivity contribution is 7.91. The monoisotopic (exact) mass is 330 g/mol. The van der Waals surface area contributed by atoms with Crippen molar-refractivity contribution in [3.05, 3.63) is 11.4 Å². The Labute approximate surface area is 120 Å². The molecular weight excluding hydrogens is 313 g/mol. The highest BCUT2D eigenvalue weighted by Gasteiger charge is 2.40. The Morgan fingerprint density at radius 2 is 1.90 bits per heavy atom. The van der Waals surface area contributed by atoms with Gasteiger partial charge in [-0.3, -0.25) is 0 Å². The smallest absolute Gasteiger partial charge is 0.398 e. The molecule has 0 aliphatic carbocycles. The van der Waals surface area contributed by atoms with Crippen molar-refractivity contribution in [3.63, 3.8) is 0 Å². The summed E-state index contributed by atoms with van der Waals surface area (Å²) in [4.78, 5) is 0. The van der Waals surface area contributed by atoms with Crippen molar-refractivity contribution in [3.8, 4) is 0 Å². The Bertz CT molecular complexity index is 536. The van der Waals surface area contributed by atoms with Gasteiger partial charge in [0.05, 0.1) is 0 Å². The van der Waals surface area contributed by atoms with Crippen LogP contribution in [0.25, 0.3) is 0 Å². The Hall–Kier alpha value is -0.800. The summed E-state index contributed by atoms with van der Waals surface area (Å²) < 4.78 is 63.1. The lowest BCUT2D eigenvalue weighted by Crippen LogP contribution is -2.45. The summed E-state index contributed by atoms with van der Waals surface area (Å²) in [5.74, 6) is 0. The summed E-state index contributed by atoms with van der Waals surface area (Å²) in [7, 11) is -4.18. The first-order valence-electron chi connectivity index (χ1n) is 6.04. The number of hydrogen-bond donors (Lipinski definition) is 1. The maximum absolute atomic E-state index is 12.7. The molecule has 0 fully saturated rings. The van der Waals surface area contributed by atoms with E-state index in [1.165, 1.54) is 11.4 Å². The first kappa shape index (κ1) is 17.3. The molecule has 0 unspecified atom stereocenters. The van der Waals surface area contributed by atoms with Crippen LogP contribution in [-0.4, -0.2) is 31.5 Å². The minimum Gasteiger partial charge on any atom is -0.398 e. The molecule has 0 saturated heterocycles. The molecule has 1 aromatic heterocycles. The number of rotatable bonds is 6. The lowest BCUT2D eigenvalue weighted by Gasteiger charge is -2.29. The van der Waals surface area contributed by atoms with E-state index in [2.05, 4.69) is 0 Å². The van der Waals surface area contributed by atoms with Gasteiger partial charge in [-0.2, -0.15) is 17.5 Å². The minimum absolute atomic E-state index is 0.161. The van der Waals surface area contributed by atoms with E-state index in [4.69, 9.17) is 5.73 Å². The van der Waals surface area contributed by atoms with Gasteiger partial charge in [-0.05, 0) is 18.9 Å². The highest BCUT2D eigenvalue weighted by atomic mass is 32.2. The van der Waals surface area contributed by atoms with E-state index < -0.39 is 28.8 Å². The molecule has 2 N–H and O–H groups in total. The van der Waals surface area contributed by atoms with Crippen molar-refractivity contribution in [1.29, 1.82) is 0 Å². The highest BCUT2D eigenvalue weighted by Crippen LogP contribution is 2.30. The summed E-state index contributed by atoms with van der Waals surface area (Å²) in [5.41, 5.74) is 5.68. The van der Waals surface area contributed by atoms with Gasteiger partial charge < -0.3 is 5.73 Å². The van der Waals surface area contributed by atoms with Crippen LogP contribution in [0.3, 0.4) is 0 Å². The SMILES string of the molecule is CCC(CC)N(CC(F)(F)F)S(=O)(=O)c1cc(N)cs1. The quantitative estimate of drug-likeness (QED) is 0.872. The molecule has 0 aliphatic rings. The number of nitrogen functional groups attached to an aromatic ring is 1. The molecule has 1 rings (SSSR count). The van der Waals surface area contributed by atoms with Gasteiger partial charge in [0.2, 0.25) is 0 Å². The van der Waals surface area contributed by atoms with Crippen LogP contribution >= 0.6 is 11.3 Å². The molecule has 0 amide bonds. The fourth-order valence-corrected chi connectivity index (χ4v) is 4.83. The number of hydrogen-bond acceptors (Lipinski definition) is 4. The minimum atomic E-state index is -4.58. The molecule has 116 valence electrons. The van der Waals surface area contributed by atoms with Gasteiger partial charge in [-0.1, -0.05) is 13.8 Å². The van der Waals surface area contributed by atoms with Gasteiger partial charge >= 0.3 is 6.18 Å². The predicted molar refractivity (Wildman–Crippen MR) is 73.0 cm³/mol. The van der Waals surface area contributed by atoms with E-state index in [9.17, 15) is 21.6 Å². The third kappa shape index (κ3) is 4.10. The molecule has 0 spiro atoms. The molecule has 0 bridgehead atoms. The van der Waals surface area contributed by atoms with Gasteiger partial charge in [0.1, 0.15) is 10.8 Å². The Balaban J connectivity index is 3.21. The Morgan fingerprint density at radius 1 is 1.35 bits per heavy atom. The molecule has 20 heavy (non-hydrogen) atoms. The average Bonchev–Trinajstić information content (AvgIpc) is 2.75. The van der Waals surface area contributed by atoms with Crippen molar-refractivity contribution in [1.82, 2.24) is 4.31 Å². The van der Waals surface area contributed by atoms with Crippen LogP contribution in [0.1, 0.15) is 26.7 Å². The van der Waals surface area contributed by atoms with E-state index in [-0.39, 0.29) is 9.90 Å². The molecule has 0 aliphatic heterocycles. The van der Waals surface area contributed by atoms with E-state index >= 15 is 0 Å². The first-order valence-corrected chi connectivity index (χ1v) is 8.36. The number of sulfonamides is 1. The lowest BCUT2D eigenvalue weighted by atomic mass is 10.2. The molecule has 0 atom stereocenters. The van der Waals surface area contributed by atoms with Crippen LogP contribution < -0.4 is 5.73 Å². The fraction of sp³-hybridized carbons (Fsp3) is 0.636. The number of halogens is 3. The summed E-state index contributed by atoms with van der Waals surface area (Å²) in [6.07, 6.45) is -3.96. The van der Waals surface area contributed by atoms with Gasteiger partial charge in [0.15, 0.2) is 0 Å². The molecule has 4 nitrogen and oxygen atoms in total. The maximum atomic E-state index is 12.7. The molecule has 0 saturated carbocycles. The maximum Gasteiger partial charge on any atom is 0.402 e. The largest absolute Gasteiger partial charge is 0.402 e. The van der Waals surface area contributed by atoms with Crippen molar-refractivity contribution in [2.45, 2.75) is 43.1 Å². The van der Waals surface area contributed by atoms with E-state index in [0.717, 1.165) is 11.3 Å². The first-order chi connectivity index (χ1) is 9.11. The fourth-order valence-electron chi connectivity index (χ4n) is 1.86. The van der Waals surface area contributed by atoms with Gasteiger partial charge in [0, 0.05) is 17.1 Å². The number of anilines is 1. The molecule has 0 aromatic carbocycles. The summed E-state index contributed by atoms with van der Waals surface area (Å²) in [5, 5.41) is 1.39. The molecule has 1 aromatic rings. The lowest BCUT2D eigenvalue weighted by molar-refractivity contribution is -0.139. The molecular formula is C11H17F3N2O2S2. The van der Waals surface area contributed by atoms with Crippen molar-refractivity contribution in [2.75, 3.05) is 12.3 Å². The standard InChI is InChI=1S/C11H17F3N2O2S2/c1-3-9(4-2)16(7-11(12,13)14)20(17,18)10-5-8(15)6-19-10/h5-6,9H,3-4,7,15H2,1-2H3. The second-order valence-corrected chi connectivity index (χ2v) is 7.36. The zero-order chi connectivity index (χ0) is 15.6. The van der Waals surface area contributed by atoms with Crippen LogP contribution in [0.5, 0.6) is 0 Å². The second kappa shape index (κ2) is 6.31. The van der Waals surface area contributed by atoms with E-state index in [1.54, 1.807) is 13.8 Å². The van der Waals surface area contributed by atoms with E-state index in [0.29, 0.717) is 17.1 Å². The van der Waals surface area contributed by atoms with Crippen LogP contribution in [0.4, 0.5) is 18.9 Å². The van der Waals surface area contributed by atoms with Gasteiger partial charge in [-0.15, -0.1) is 11.3 Å². The Kier molecular flexibility index (Phi) is 5.45. The normalized spacial score (nSPS) is 13.3. The van der Waals surface area contributed by atoms with Crippen molar-refractivity contribution < 1.29 is 21.6 Å². The summed E-state index contributed by atoms with van der Waals surface area (Å²) >= 11 is 0.827. The third-order valence-corrected chi connectivity index (χ3v) is 6.18. The molecule has 9 heteroatoms. The van der Waals surface area contributed by atoms with Gasteiger partial charge in [0.25, 0.3) is 10.0 Å². The average molecular weight is 330 g/mol. The van der Waals surface area contributed by atoms with Crippen molar-refractivity contribution in [2.24, 2.45) is 0 Å². The molecule has 0 radical (unpaired) electrons. The predicted octanol–water partition coefficient (Wildman–Crippen LogP) is 3.07. The topological polar surface area (TPSA) is 63.4 Å². The Morgan fingerprint density at radius 3 is 2.25 bits per heavy atom. The zero-order valence-electron chi connectivity index (χ0n) is 11.1. The number of nitrogens with zero attached hydrogens (tertiary/aromatic N) is 1. The zero-order valence-corrected chi connectivity index (χ0v) is 12.8. The van der Waals surface area contributed by atoms with Crippen molar-refractivity contribution >= 4 is 27.0 Å². The third-order valence-electron chi connectivity index (χ3n) is 2.84. The van der Waals surface area contributed by atoms with Crippen LogP contribution in [0.2, 0.25) is 0 Å². The second-order valence-electron chi connectivity index (χ2n) is 4.33. The number of thiophene rings is 1. The molecule has 1 heterocycles. The summed E-state index contributed by atoms with van der Waals surface area (Å²) in [6, 6.07) is 0.496.